The van der Waals surface area contributed by atoms with Gasteiger partial charge < -0.3 is 10.2 Å². The highest BCUT2D eigenvalue weighted by molar-refractivity contribution is 5.87. The molecule has 0 saturated heterocycles. The van der Waals surface area contributed by atoms with Crippen molar-refractivity contribution in [1.29, 1.82) is 5.26 Å². The summed E-state index contributed by atoms with van der Waals surface area (Å²) in [5.74, 6) is 0.251. The van der Waals surface area contributed by atoms with Crippen LogP contribution in [0.2, 0.25) is 0 Å². The monoisotopic (exact) mass is 265 g/mol. The minimum atomic E-state index is -0.850. The van der Waals surface area contributed by atoms with Crippen LogP contribution in [-0.2, 0) is 9.59 Å². The van der Waals surface area contributed by atoms with Crippen LogP contribution in [0.15, 0.2) is 0 Å². The molecule has 1 N–H and O–H groups in total. The lowest BCUT2D eigenvalue weighted by molar-refractivity contribution is -0.134. The van der Waals surface area contributed by atoms with Crippen LogP contribution < -0.4 is 5.32 Å². The van der Waals surface area contributed by atoms with Crippen molar-refractivity contribution in [3.63, 3.8) is 0 Å². The van der Waals surface area contributed by atoms with Crippen LogP contribution in [0.5, 0.6) is 0 Å². The molecule has 5 heteroatoms. The summed E-state index contributed by atoms with van der Waals surface area (Å²) in [7, 11) is 0. The van der Waals surface area contributed by atoms with Gasteiger partial charge in [-0.05, 0) is 32.6 Å². The van der Waals surface area contributed by atoms with E-state index in [2.05, 4.69) is 11.4 Å². The molecular weight excluding hydrogens is 242 g/mol. The molecule has 1 rings (SSSR count). The number of nitrogens with one attached hydrogen (secondary N) is 1. The zero-order valence-corrected chi connectivity index (χ0v) is 12.0. The maximum absolute atomic E-state index is 12.0. The molecule has 0 radical (unpaired) electrons. The predicted molar refractivity (Wildman–Crippen MR) is 72.0 cm³/mol. The molecule has 5 nitrogen and oxygen atoms in total. The fraction of sp³-hybridized carbons (Fsp3) is 0.786. The van der Waals surface area contributed by atoms with Crippen molar-refractivity contribution in [3.8, 4) is 6.07 Å². The average molecular weight is 265 g/mol. The molecule has 0 bridgehead atoms. The lowest BCUT2D eigenvalue weighted by Crippen LogP contribution is -2.48. The zero-order chi connectivity index (χ0) is 14.5. The summed E-state index contributed by atoms with van der Waals surface area (Å²) in [5, 5.41) is 11.8. The van der Waals surface area contributed by atoms with Crippen molar-refractivity contribution < 1.29 is 9.59 Å². The Kier molecular flexibility index (Phi) is 5.34. The highest BCUT2D eigenvalue weighted by atomic mass is 16.2. The molecule has 0 atom stereocenters. The minimum absolute atomic E-state index is 0.0401. The van der Waals surface area contributed by atoms with Crippen molar-refractivity contribution >= 4 is 11.8 Å². The first-order valence-corrected chi connectivity index (χ1v) is 6.96. The second kappa shape index (κ2) is 6.55. The van der Waals surface area contributed by atoms with E-state index < -0.39 is 5.41 Å². The van der Waals surface area contributed by atoms with E-state index in [0.717, 1.165) is 0 Å². The fourth-order valence-corrected chi connectivity index (χ4v) is 2.64. The Morgan fingerprint density at radius 2 is 1.95 bits per heavy atom. The Bertz CT molecular complexity index is 377. The molecule has 1 fully saturated rings. The van der Waals surface area contributed by atoms with E-state index >= 15 is 0 Å². The van der Waals surface area contributed by atoms with Gasteiger partial charge in [-0.25, -0.2) is 0 Å². The van der Waals surface area contributed by atoms with Gasteiger partial charge >= 0.3 is 0 Å². The zero-order valence-electron chi connectivity index (χ0n) is 12.0. The van der Waals surface area contributed by atoms with Gasteiger partial charge in [0, 0.05) is 26.1 Å². The normalized spacial score (nSPS) is 25.1. The van der Waals surface area contributed by atoms with E-state index in [1.807, 2.05) is 20.8 Å². The van der Waals surface area contributed by atoms with E-state index in [-0.39, 0.29) is 11.8 Å². The first kappa shape index (κ1) is 15.5. The Labute approximate surface area is 115 Å². The SMILES string of the molecule is CCN(CC)C(=O)CCNC(=O)C1(C#N)CC(C)C1. The smallest absolute Gasteiger partial charge is 0.240 e. The third-order valence-electron chi connectivity index (χ3n) is 3.78. The highest BCUT2D eigenvalue weighted by Gasteiger charge is 2.48. The Balaban J connectivity index is 2.36. The first-order chi connectivity index (χ1) is 8.99. The molecule has 2 amide bonds. The standard InChI is InChI=1S/C14H23N3O2/c1-4-17(5-2)12(18)6-7-16-13(19)14(10-15)8-11(3)9-14/h11H,4-9H2,1-3H3,(H,16,19). The average Bonchev–Trinajstić information content (AvgIpc) is 2.36. The molecule has 0 aromatic heterocycles. The van der Waals surface area contributed by atoms with Crippen molar-refractivity contribution in [2.45, 2.75) is 40.0 Å². The van der Waals surface area contributed by atoms with Crippen LogP contribution in [0.25, 0.3) is 0 Å². The van der Waals surface area contributed by atoms with Crippen molar-refractivity contribution in [2.75, 3.05) is 19.6 Å². The molecule has 1 aliphatic carbocycles. The summed E-state index contributed by atoms with van der Waals surface area (Å²) in [5.41, 5.74) is -0.850. The van der Waals surface area contributed by atoms with Crippen LogP contribution in [0.1, 0.15) is 40.0 Å². The van der Waals surface area contributed by atoms with Gasteiger partial charge in [-0.1, -0.05) is 6.92 Å². The van der Waals surface area contributed by atoms with Crippen molar-refractivity contribution in [1.82, 2.24) is 10.2 Å². The molecule has 19 heavy (non-hydrogen) atoms. The number of hydrogen-bond donors (Lipinski definition) is 1. The number of nitrogens with zero attached hydrogens (tertiary/aromatic N) is 2. The third kappa shape index (κ3) is 3.46. The van der Waals surface area contributed by atoms with Gasteiger partial charge in [-0.3, -0.25) is 9.59 Å². The van der Waals surface area contributed by atoms with Crippen LogP contribution in [0, 0.1) is 22.7 Å². The Morgan fingerprint density at radius 1 is 1.37 bits per heavy atom. The second-order valence-electron chi connectivity index (χ2n) is 5.28. The summed E-state index contributed by atoms with van der Waals surface area (Å²) >= 11 is 0. The Hall–Kier alpha value is -1.57. The van der Waals surface area contributed by atoms with Gasteiger partial charge in [-0.2, -0.15) is 5.26 Å². The van der Waals surface area contributed by atoms with E-state index in [4.69, 9.17) is 5.26 Å². The molecule has 0 aromatic carbocycles. The minimum Gasteiger partial charge on any atom is -0.354 e. The van der Waals surface area contributed by atoms with Gasteiger partial charge in [0.25, 0.3) is 0 Å². The van der Waals surface area contributed by atoms with Gasteiger partial charge in [0.1, 0.15) is 5.41 Å². The summed E-state index contributed by atoms with van der Waals surface area (Å²) in [6, 6.07) is 2.12. The summed E-state index contributed by atoms with van der Waals surface area (Å²) in [6.07, 6.45) is 1.54. The maximum atomic E-state index is 12.0. The number of nitriles is 1. The molecule has 0 spiro atoms. The number of hydrogen-bond acceptors (Lipinski definition) is 3. The van der Waals surface area contributed by atoms with E-state index in [9.17, 15) is 9.59 Å². The van der Waals surface area contributed by atoms with E-state index in [1.54, 1.807) is 4.90 Å². The number of carbonyl (C=O) groups excluding carboxylic acids is 2. The molecule has 0 aromatic rings. The van der Waals surface area contributed by atoms with Crippen LogP contribution >= 0.6 is 0 Å². The summed E-state index contributed by atoms with van der Waals surface area (Å²) < 4.78 is 0. The topological polar surface area (TPSA) is 73.2 Å². The first-order valence-electron chi connectivity index (χ1n) is 6.96. The Morgan fingerprint density at radius 3 is 2.37 bits per heavy atom. The van der Waals surface area contributed by atoms with E-state index in [0.29, 0.717) is 44.8 Å². The van der Waals surface area contributed by atoms with Gasteiger partial charge in [0.05, 0.1) is 6.07 Å². The predicted octanol–water partition coefficient (Wildman–Crippen LogP) is 1.30. The third-order valence-corrected chi connectivity index (χ3v) is 3.78. The summed E-state index contributed by atoms with van der Waals surface area (Å²) in [6.45, 7) is 7.57. The lowest BCUT2D eigenvalue weighted by Gasteiger charge is -2.39. The largest absolute Gasteiger partial charge is 0.354 e. The number of amides is 2. The maximum Gasteiger partial charge on any atom is 0.240 e. The van der Waals surface area contributed by atoms with Crippen molar-refractivity contribution in [2.24, 2.45) is 11.3 Å². The number of carbonyl (C=O) groups is 2. The van der Waals surface area contributed by atoms with Crippen molar-refractivity contribution in [3.05, 3.63) is 0 Å². The van der Waals surface area contributed by atoms with Gasteiger partial charge in [0.15, 0.2) is 0 Å². The van der Waals surface area contributed by atoms with Crippen LogP contribution in [-0.4, -0.2) is 36.3 Å². The van der Waals surface area contributed by atoms with Crippen LogP contribution in [0.4, 0.5) is 0 Å². The molecular formula is C14H23N3O2. The molecule has 0 heterocycles. The lowest BCUT2D eigenvalue weighted by atomic mass is 9.63. The summed E-state index contributed by atoms with van der Waals surface area (Å²) in [4.78, 5) is 25.4. The molecule has 0 unspecified atom stereocenters. The molecule has 1 saturated carbocycles. The molecule has 1 aliphatic rings. The van der Waals surface area contributed by atoms with Gasteiger partial charge in [0.2, 0.25) is 11.8 Å². The quantitative estimate of drug-likeness (QED) is 0.786. The van der Waals surface area contributed by atoms with E-state index in [1.165, 1.54) is 0 Å². The fourth-order valence-electron chi connectivity index (χ4n) is 2.64. The highest BCUT2D eigenvalue weighted by Crippen LogP contribution is 2.44. The molecule has 0 aliphatic heterocycles. The van der Waals surface area contributed by atoms with Crippen LogP contribution in [0.3, 0.4) is 0 Å². The van der Waals surface area contributed by atoms with Gasteiger partial charge in [-0.15, -0.1) is 0 Å². The molecule has 106 valence electrons. The second-order valence-corrected chi connectivity index (χ2v) is 5.28. The number of rotatable bonds is 6.